The van der Waals surface area contributed by atoms with Crippen molar-refractivity contribution >= 4 is 15.9 Å². The van der Waals surface area contributed by atoms with E-state index < -0.39 is 21.5 Å². The maximum Gasteiger partial charge on any atom is 0.410 e. The maximum atomic E-state index is 12.7. The van der Waals surface area contributed by atoms with Crippen LogP contribution in [0.4, 0.5) is 4.79 Å². The van der Waals surface area contributed by atoms with E-state index in [1.54, 1.807) is 15.5 Å². The van der Waals surface area contributed by atoms with E-state index in [4.69, 9.17) is 14.5 Å². The SMILES string of the molecule is CC(C)(C)OC(=O)N1Cc2nc(-c3ccc4c(c3)CCO4)n(-c3ccnc(S(C)(=O)=O)n3)c2C1. The Hall–Kier alpha value is -3.47. The van der Waals surface area contributed by atoms with Gasteiger partial charge in [-0.3, -0.25) is 9.47 Å². The van der Waals surface area contributed by atoms with E-state index in [-0.39, 0.29) is 18.2 Å². The molecule has 1 amide bonds. The topological polar surface area (TPSA) is 117 Å². The molecule has 0 N–H and O–H groups in total. The smallest absolute Gasteiger partial charge is 0.410 e. The van der Waals surface area contributed by atoms with Crippen LogP contribution >= 0.6 is 0 Å². The highest BCUT2D eigenvalue weighted by Crippen LogP contribution is 2.35. The van der Waals surface area contributed by atoms with Crippen LogP contribution < -0.4 is 4.74 Å². The van der Waals surface area contributed by atoms with Gasteiger partial charge in [0, 0.05) is 24.4 Å². The summed E-state index contributed by atoms with van der Waals surface area (Å²) in [6.07, 6.45) is 2.84. The summed E-state index contributed by atoms with van der Waals surface area (Å²) in [4.78, 5) is 27.3. The van der Waals surface area contributed by atoms with Crippen LogP contribution in [0.5, 0.6) is 5.75 Å². The van der Waals surface area contributed by atoms with Gasteiger partial charge in [-0.1, -0.05) is 0 Å². The highest BCUT2D eigenvalue weighted by molar-refractivity contribution is 7.90. The molecule has 11 heteroatoms. The van der Waals surface area contributed by atoms with E-state index in [1.807, 2.05) is 39.0 Å². The van der Waals surface area contributed by atoms with Gasteiger partial charge in [-0.2, -0.15) is 0 Å². The highest BCUT2D eigenvalue weighted by atomic mass is 32.2. The molecule has 0 spiro atoms. The van der Waals surface area contributed by atoms with Crippen molar-refractivity contribution in [2.24, 2.45) is 0 Å². The first-order chi connectivity index (χ1) is 16.0. The number of carbonyl (C=O) groups excluding carboxylic acids is 1. The summed E-state index contributed by atoms with van der Waals surface area (Å²) in [5.41, 5.74) is 2.76. The maximum absolute atomic E-state index is 12.7. The van der Waals surface area contributed by atoms with Crippen molar-refractivity contribution in [2.75, 3.05) is 12.9 Å². The first-order valence-electron chi connectivity index (χ1n) is 10.9. The molecule has 0 saturated heterocycles. The predicted molar refractivity (Wildman–Crippen MR) is 122 cm³/mol. The first kappa shape index (κ1) is 22.3. The molecule has 0 atom stereocenters. The van der Waals surface area contributed by atoms with Gasteiger partial charge in [0.25, 0.3) is 0 Å². The second-order valence-corrected chi connectivity index (χ2v) is 11.3. The van der Waals surface area contributed by atoms with Crippen molar-refractivity contribution in [1.82, 2.24) is 24.4 Å². The molecule has 10 nitrogen and oxygen atoms in total. The third-order valence-corrected chi connectivity index (χ3v) is 6.38. The molecule has 2 aliphatic rings. The number of ether oxygens (including phenoxy) is 2. The number of fused-ring (bicyclic) bond motifs is 2. The van der Waals surface area contributed by atoms with Crippen molar-refractivity contribution in [1.29, 1.82) is 0 Å². The largest absolute Gasteiger partial charge is 0.493 e. The zero-order valence-electron chi connectivity index (χ0n) is 19.4. The van der Waals surface area contributed by atoms with Crippen LogP contribution in [0.25, 0.3) is 17.2 Å². The van der Waals surface area contributed by atoms with Crippen LogP contribution in [0.3, 0.4) is 0 Å². The van der Waals surface area contributed by atoms with Crippen LogP contribution in [0.1, 0.15) is 37.7 Å². The Morgan fingerprint density at radius 1 is 1.15 bits per heavy atom. The fourth-order valence-electron chi connectivity index (χ4n) is 4.06. The summed E-state index contributed by atoms with van der Waals surface area (Å²) in [5, 5.41) is -0.275. The first-order valence-corrected chi connectivity index (χ1v) is 12.8. The molecule has 2 aliphatic heterocycles. The van der Waals surface area contributed by atoms with E-state index in [1.165, 1.54) is 6.20 Å². The molecule has 0 bridgehead atoms. The van der Waals surface area contributed by atoms with E-state index in [9.17, 15) is 13.2 Å². The summed E-state index contributed by atoms with van der Waals surface area (Å²) < 4.78 is 37.2. The van der Waals surface area contributed by atoms with Crippen LogP contribution in [0.2, 0.25) is 0 Å². The lowest BCUT2D eigenvalue weighted by Gasteiger charge is -2.24. The van der Waals surface area contributed by atoms with E-state index in [2.05, 4.69) is 9.97 Å². The molecule has 0 aliphatic carbocycles. The van der Waals surface area contributed by atoms with Gasteiger partial charge in [-0.05, 0) is 50.6 Å². The highest BCUT2D eigenvalue weighted by Gasteiger charge is 2.34. The molecule has 34 heavy (non-hydrogen) atoms. The van der Waals surface area contributed by atoms with Crippen molar-refractivity contribution in [3.8, 4) is 23.0 Å². The average molecular weight is 484 g/mol. The molecule has 4 heterocycles. The molecule has 178 valence electrons. The average Bonchev–Trinajstić information content (AvgIpc) is 3.45. The molecule has 0 saturated carbocycles. The van der Waals surface area contributed by atoms with Crippen molar-refractivity contribution in [3.63, 3.8) is 0 Å². The normalized spacial score (nSPS) is 15.1. The van der Waals surface area contributed by atoms with Crippen LogP contribution in [-0.2, 0) is 34.1 Å². The summed E-state index contributed by atoms with van der Waals surface area (Å²) in [6.45, 7) is 6.62. The van der Waals surface area contributed by atoms with Gasteiger partial charge in [0.1, 0.15) is 23.0 Å². The van der Waals surface area contributed by atoms with Gasteiger partial charge >= 0.3 is 6.09 Å². The molecular formula is C23H25N5O5S. The lowest BCUT2D eigenvalue weighted by molar-refractivity contribution is 0.0238. The number of imidazole rings is 1. The summed E-state index contributed by atoms with van der Waals surface area (Å²) in [7, 11) is -3.62. The molecule has 2 aromatic heterocycles. The number of sulfone groups is 1. The molecule has 5 rings (SSSR count). The fourth-order valence-corrected chi connectivity index (χ4v) is 4.57. The van der Waals surface area contributed by atoms with Crippen molar-refractivity contribution in [3.05, 3.63) is 47.4 Å². The van der Waals surface area contributed by atoms with Gasteiger partial charge in [-0.25, -0.2) is 28.2 Å². The molecule has 0 radical (unpaired) electrons. The zero-order chi connectivity index (χ0) is 24.3. The second kappa shape index (κ2) is 7.79. The molecule has 0 unspecified atom stereocenters. The van der Waals surface area contributed by atoms with Crippen LogP contribution in [0, 0.1) is 0 Å². The minimum atomic E-state index is -3.62. The van der Waals surface area contributed by atoms with E-state index in [0.717, 1.165) is 35.2 Å². The summed E-state index contributed by atoms with van der Waals surface area (Å²) >= 11 is 0. The van der Waals surface area contributed by atoms with Crippen molar-refractivity contribution < 1.29 is 22.7 Å². The number of hydrogen-bond donors (Lipinski definition) is 0. The van der Waals surface area contributed by atoms with Crippen LogP contribution in [0.15, 0.2) is 35.6 Å². The van der Waals surface area contributed by atoms with Gasteiger partial charge < -0.3 is 9.47 Å². The lowest BCUT2D eigenvalue weighted by Crippen LogP contribution is -2.33. The standard InChI is InChI=1S/C23H25N5O5S/c1-23(2,3)33-22(29)27-12-16-17(13-27)28(19-7-9-24-21(26-19)34(4,30)31)20(25-16)15-5-6-18-14(11-15)8-10-32-18/h5-7,9,11H,8,10,12-13H2,1-4H3. The summed E-state index contributed by atoms with van der Waals surface area (Å²) in [6, 6.07) is 7.49. The predicted octanol–water partition coefficient (Wildman–Crippen LogP) is 2.92. The Morgan fingerprint density at radius 2 is 1.94 bits per heavy atom. The molecule has 0 fully saturated rings. The molecule has 3 aromatic rings. The summed E-state index contributed by atoms with van der Waals surface area (Å²) in [5.74, 6) is 1.83. The number of benzene rings is 1. The lowest BCUT2D eigenvalue weighted by atomic mass is 10.1. The Morgan fingerprint density at radius 3 is 2.68 bits per heavy atom. The number of aromatic nitrogens is 4. The van der Waals surface area contributed by atoms with Crippen LogP contribution in [-0.4, -0.2) is 57.4 Å². The van der Waals surface area contributed by atoms with E-state index in [0.29, 0.717) is 23.9 Å². The number of nitrogens with zero attached hydrogens (tertiary/aromatic N) is 5. The Labute approximate surface area is 197 Å². The van der Waals surface area contributed by atoms with Crippen molar-refractivity contribution in [2.45, 2.75) is 51.0 Å². The van der Waals surface area contributed by atoms with Gasteiger partial charge in [0.15, 0.2) is 0 Å². The fraction of sp³-hybridized carbons (Fsp3) is 0.391. The van der Waals surface area contributed by atoms with Gasteiger partial charge in [-0.15, -0.1) is 0 Å². The number of rotatable bonds is 3. The second-order valence-electron chi connectivity index (χ2n) is 9.39. The quantitative estimate of drug-likeness (QED) is 0.522. The molecule has 1 aromatic carbocycles. The van der Waals surface area contributed by atoms with Gasteiger partial charge in [0.05, 0.1) is 31.1 Å². The molecular weight excluding hydrogens is 458 g/mol. The minimum absolute atomic E-state index is 0.253. The third kappa shape index (κ3) is 4.11. The number of amides is 1. The zero-order valence-corrected chi connectivity index (χ0v) is 20.2. The van der Waals surface area contributed by atoms with Gasteiger partial charge in [0.2, 0.25) is 15.0 Å². The monoisotopic (exact) mass is 483 g/mol. The Bertz CT molecular complexity index is 1410. The number of carbonyl (C=O) groups is 1. The Kier molecular flexibility index (Phi) is 5.12. The van der Waals surface area contributed by atoms with E-state index >= 15 is 0 Å². The number of hydrogen-bond acceptors (Lipinski definition) is 8. The Balaban J connectivity index is 1.61. The minimum Gasteiger partial charge on any atom is -0.493 e. The third-order valence-electron chi connectivity index (χ3n) is 5.52.